The van der Waals surface area contributed by atoms with Crippen LogP contribution in [-0.4, -0.2) is 112 Å². The Hall–Kier alpha value is -2.88. The number of hydrogen-bond donors (Lipinski definition) is 6. The summed E-state index contributed by atoms with van der Waals surface area (Å²) in [4.78, 5) is 15.6. The number of hydrogen-bond acceptors (Lipinski definition) is 14. The molecule has 3 unspecified atom stereocenters. The standard InChI is InChI=1S/C22H29F5N4O10/c23-13-14(24)16(26)21(17(27)15(13)25)41-12(32)3-6-38-8-4-29-9-10(30-28)2-7-39-22-20(35)19(34)18(33)11(40-22)1-5-31(36)37/h9,11,18-20,22,33-37H,1-8,28H2/t11?,18-,19?,20?,22+/m1/s1. The first-order valence-electron chi connectivity index (χ1n) is 11.9. The number of aliphatic hydroxyl groups excluding tert-OH is 3. The van der Waals surface area contributed by atoms with E-state index in [2.05, 4.69) is 14.8 Å². The number of benzene rings is 1. The van der Waals surface area contributed by atoms with Gasteiger partial charge in [-0.2, -0.15) is 13.9 Å². The molecule has 0 aromatic heterocycles. The van der Waals surface area contributed by atoms with Gasteiger partial charge in [-0.3, -0.25) is 20.2 Å². The Morgan fingerprint density at radius 1 is 0.927 bits per heavy atom. The second-order valence-corrected chi connectivity index (χ2v) is 8.41. The van der Waals surface area contributed by atoms with Gasteiger partial charge in [0.15, 0.2) is 6.29 Å². The van der Waals surface area contributed by atoms with Crippen LogP contribution in [0.1, 0.15) is 19.3 Å². The third-order valence-corrected chi connectivity index (χ3v) is 5.53. The fourth-order valence-corrected chi connectivity index (χ4v) is 3.36. The highest BCUT2D eigenvalue weighted by atomic mass is 19.2. The molecule has 1 aliphatic heterocycles. The van der Waals surface area contributed by atoms with Crippen molar-refractivity contribution in [1.82, 2.24) is 5.23 Å². The molecule has 1 aromatic carbocycles. The van der Waals surface area contributed by atoms with Crippen LogP contribution in [0.5, 0.6) is 5.75 Å². The summed E-state index contributed by atoms with van der Waals surface area (Å²) >= 11 is 0. The highest BCUT2D eigenvalue weighted by Gasteiger charge is 2.44. The van der Waals surface area contributed by atoms with E-state index in [1.807, 2.05) is 0 Å². The van der Waals surface area contributed by atoms with Crippen molar-refractivity contribution in [1.29, 1.82) is 0 Å². The fourth-order valence-electron chi connectivity index (χ4n) is 3.36. The van der Waals surface area contributed by atoms with Crippen molar-refractivity contribution in [2.75, 3.05) is 32.9 Å². The van der Waals surface area contributed by atoms with E-state index in [0.29, 0.717) is 0 Å². The van der Waals surface area contributed by atoms with Gasteiger partial charge in [0.05, 0.1) is 51.1 Å². The van der Waals surface area contributed by atoms with E-state index in [1.165, 1.54) is 6.21 Å². The van der Waals surface area contributed by atoms with E-state index >= 15 is 0 Å². The third kappa shape index (κ3) is 9.87. The normalized spacial score (nSPS) is 23.5. The summed E-state index contributed by atoms with van der Waals surface area (Å²) in [5.74, 6) is -9.20. The number of esters is 1. The minimum absolute atomic E-state index is 0.0372. The van der Waals surface area contributed by atoms with Crippen molar-refractivity contribution in [3.05, 3.63) is 29.1 Å². The fraction of sp³-hybridized carbons (Fsp3) is 0.591. The Labute approximate surface area is 228 Å². The van der Waals surface area contributed by atoms with Crippen LogP contribution in [0.3, 0.4) is 0 Å². The molecule has 1 saturated heterocycles. The lowest BCUT2D eigenvalue weighted by molar-refractivity contribution is -0.323. The molecule has 0 bridgehead atoms. The molecule has 232 valence electrons. The first-order chi connectivity index (χ1) is 19.4. The zero-order valence-electron chi connectivity index (χ0n) is 21.2. The van der Waals surface area contributed by atoms with Gasteiger partial charge in [-0.25, -0.2) is 13.2 Å². The maximum Gasteiger partial charge on any atom is 0.313 e. The van der Waals surface area contributed by atoms with E-state index in [1.54, 1.807) is 0 Å². The van der Waals surface area contributed by atoms with E-state index in [9.17, 15) is 42.1 Å². The van der Waals surface area contributed by atoms with Gasteiger partial charge in [0, 0.05) is 12.6 Å². The number of aliphatic imine (C=N–C) groups is 1. The van der Waals surface area contributed by atoms with Crippen LogP contribution >= 0.6 is 0 Å². The van der Waals surface area contributed by atoms with Crippen LogP contribution in [-0.2, 0) is 19.0 Å². The minimum Gasteiger partial charge on any atom is -0.420 e. The second kappa shape index (κ2) is 16.5. The lowest BCUT2D eigenvalue weighted by Crippen LogP contribution is -2.58. The maximum atomic E-state index is 13.5. The van der Waals surface area contributed by atoms with Gasteiger partial charge < -0.3 is 40.1 Å². The number of hydroxylamine groups is 2. The summed E-state index contributed by atoms with van der Waals surface area (Å²) in [6, 6.07) is 0. The largest absolute Gasteiger partial charge is 0.420 e. The Morgan fingerprint density at radius 3 is 2.17 bits per heavy atom. The first-order valence-corrected chi connectivity index (χ1v) is 11.9. The van der Waals surface area contributed by atoms with Gasteiger partial charge in [-0.05, 0) is 6.42 Å². The van der Waals surface area contributed by atoms with Gasteiger partial charge in [-0.1, -0.05) is 5.23 Å². The summed E-state index contributed by atoms with van der Waals surface area (Å²) in [7, 11) is 0. The van der Waals surface area contributed by atoms with Crippen molar-refractivity contribution in [2.24, 2.45) is 15.9 Å². The van der Waals surface area contributed by atoms with Crippen LogP contribution in [0.2, 0.25) is 0 Å². The molecule has 5 atom stereocenters. The molecule has 0 saturated carbocycles. The third-order valence-electron chi connectivity index (χ3n) is 5.53. The molecule has 1 aromatic rings. The first kappa shape index (κ1) is 34.3. The predicted octanol–water partition coefficient (Wildman–Crippen LogP) is -0.235. The summed E-state index contributed by atoms with van der Waals surface area (Å²) in [5.41, 5.74) is 0.232. The summed E-state index contributed by atoms with van der Waals surface area (Å²) in [6.07, 6.45) is -6.48. The predicted molar refractivity (Wildman–Crippen MR) is 124 cm³/mol. The van der Waals surface area contributed by atoms with Gasteiger partial charge in [0.1, 0.15) is 18.3 Å². The Morgan fingerprint density at radius 2 is 1.56 bits per heavy atom. The van der Waals surface area contributed by atoms with Crippen LogP contribution < -0.4 is 10.6 Å². The lowest BCUT2D eigenvalue weighted by atomic mass is 9.97. The number of halogens is 5. The zero-order chi connectivity index (χ0) is 30.7. The van der Waals surface area contributed by atoms with Gasteiger partial charge >= 0.3 is 5.97 Å². The van der Waals surface area contributed by atoms with Crippen LogP contribution in [0.15, 0.2) is 10.1 Å². The molecule has 0 aliphatic carbocycles. The van der Waals surface area contributed by atoms with Gasteiger partial charge in [0.2, 0.25) is 34.8 Å². The Kier molecular flexibility index (Phi) is 13.8. The maximum absolute atomic E-state index is 13.5. The molecular weight excluding hydrogens is 575 g/mol. The van der Waals surface area contributed by atoms with Crippen LogP contribution in [0.4, 0.5) is 22.0 Å². The summed E-state index contributed by atoms with van der Waals surface area (Å²) < 4.78 is 86.5. The van der Waals surface area contributed by atoms with E-state index < -0.39 is 77.9 Å². The molecule has 1 aliphatic rings. The number of rotatable bonds is 15. The highest BCUT2D eigenvalue weighted by molar-refractivity contribution is 6.30. The lowest BCUT2D eigenvalue weighted by Gasteiger charge is -2.40. The minimum atomic E-state index is -2.39. The molecule has 19 heteroatoms. The van der Waals surface area contributed by atoms with Crippen molar-refractivity contribution in [3.8, 4) is 5.75 Å². The van der Waals surface area contributed by atoms with Gasteiger partial charge in [-0.15, -0.1) is 0 Å². The molecular formula is C22H29F5N4O10. The molecule has 0 spiro atoms. The number of ether oxygens (including phenoxy) is 4. The number of aliphatic hydroxyl groups is 3. The number of nitrogens with zero attached hydrogens (tertiary/aromatic N) is 3. The summed E-state index contributed by atoms with van der Waals surface area (Å²) in [6.45, 7) is -0.772. The number of carbonyl (C=O) groups is 1. The molecule has 0 amide bonds. The molecule has 1 heterocycles. The quantitative estimate of drug-likeness (QED) is 0.0177. The number of nitrogens with two attached hydrogens (primary N) is 1. The molecule has 14 nitrogen and oxygen atoms in total. The number of carbonyl (C=O) groups excluding carboxylic acids is 1. The average molecular weight is 604 g/mol. The molecule has 41 heavy (non-hydrogen) atoms. The number of hydrazone groups is 1. The Bertz CT molecular complexity index is 1050. The average Bonchev–Trinajstić information content (AvgIpc) is 2.94. The van der Waals surface area contributed by atoms with E-state index in [4.69, 9.17) is 30.5 Å². The second-order valence-electron chi connectivity index (χ2n) is 8.41. The monoisotopic (exact) mass is 604 g/mol. The van der Waals surface area contributed by atoms with Crippen LogP contribution in [0, 0.1) is 29.1 Å². The van der Waals surface area contributed by atoms with Crippen molar-refractivity contribution >= 4 is 17.9 Å². The summed E-state index contributed by atoms with van der Waals surface area (Å²) in [5, 5.41) is 51.0. The molecule has 0 radical (unpaired) electrons. The van der Waals surface area contributed by atoms with Crippen molar-refractivity contribution in [3.63, 3.8) is 0 Å². The zero-order valence-corrected chi connectivity index (χ0v) is 21.2. The highest BCUT2D eigenvalue weighted by Crippen LogP contribution is 2.29. The van der Waals surface area contributed by atoms with E-state index in [-0.39, 0.29) is 56.7 Å². The van der Waals surface area contributed by atoms with Crippen LogP contribution in [0.25, 0.3) is 0 Å². The SMILES string of the molecule is NN=C(C=NCCOCCC(=O)Oc1c(F)c(F)c(F)c(F)c1F)CCO[C@H]1OC(CCN(O)O)[C@@H](O)C(O)C1O. The molecule has 2 rings (SSSR count). The molecule has 1 fully saturated rings. The molecule has 7 N–H and O–H groups in total. The van der Waals surface area contributed by atoms with E-state index in [0.717, 1.165) is 0 Å². The smallest absolute Gasteiger partial charge is 0.313 e. The van der Waals surface area contributed by atoms with Gasteiger partial charge in [0.25, 0.3) is 0 Å². The van der Waals surface area contributed by atoms with Crippen molar-refractivity contribution < 1.29 is 71.4 Å². The van der Waals surface area contributed by atoms with Crippen molar-refractivity contribution in [2.45, 2.75) is 50.0 Å². The Balaban J connectivity index is 1.69. The topological polar surface area (TPSA) is 209 Å².